The highest BCUT2D eigenvalue weighted by Crippen LogP contribution is 2.42. The summed E-state index contributed by atoms with van der Waals surface area (Å²) in [5.74, 6) is 0.303. The van der Waals surface area contributed by atoms with Crippen LogP contribution in [-0.2, 0) is 0 Å². The van der Waals surface area contributed by atoms with Gasteiger partial charge >= 0.3 is 0 Å². The summed E-state index contributed by atoms with van der Waals surface area (Å²) in [4.78, 5) is 2.19. The molecule has 0 bridgehead atoms. The van der Waals surface area contributed by atoms with Gasteiger partial charge in [0.15, 0.2) is 11.5 Å². The molecule has 2 aromatic carbocycles. The smallest absolute Gasteiger partial charge is 0.203 e. The number of hydrogen-bond acceptors (Lipinski definition) is 5. The lowest BCUT2D eigenvalue weighted by molar-refractivity contribution is 0.235. The van der Waals surface area contributed by atoms with Crippen molar-refractivity contribution >= 4 is 0 Å². The van der Waals surface area contributed by atoms with Crippen LogP contribution in [0.1, 0.15) is 23.6 Å². The molecule has 0 radical (unpaired) electrons. The minimum atomic E-state index is -0.595. The number of hydrogen-bond donors (Lipinski definition) is 1. The highest BCUT2D eigenvalue weighted by Gasteiger charge is 2.28. The van der Waals surface area contributed by atoms with Gasteiger partial charge < -0.3 is 19.5 Å². The molecule has 0 aliphatic carbocycles. The molecule has 2 aromatic rings. The lowest BCUT2D eigenvalue weighted by atomic mass is 9.95. The molecule has 0 spiro atoms. The molecule has 1 N–H and O–H groups in total. The number of ether oxygens (including phenoxy) is 3. The van der Waals surface area contributed by atoms with Crippen LogP contribution in [0.15, 0.2) is 30.3 Å². The summed E-state index contributed by atoms with van der Waals surface area (Å²) in [7, 11) is 4.63. The van der Waals surface area contributed by atoms with E-state index in [1.165, 1.54) is 19.2 Å². The van der Waals surface area contributed by atoms with E-state index in [9.17, 15) is 8.78 Å². The number of rotatable bonds is 6. The molecule has 0 aromatic heterocycles. The maximum absolute atomic E-state index is 14.8. The van der Waals surface area contributed by atoms with Crippen molar-refractivity contribution in [2.45, 2.75) is 12.5 Å². The first-order chi connectivity index (χ1) is 13.6. The zero-order chi connectivity index (χ0) is 20.1. The van der Waals surface area contributed by atoms with E-state index in [-0.39, 0.29) is 0 Å². The summed E-state index contributed by atoms with van der Waals surface area (Å²) >= 11 is 0. The molecule has 0 saturated carbocycles. The summed E-state index contributed by atoms with van der Waals surface area (Å²) in [6.45, 7) is 3.22. The van der Waals surface area contributed by atoms with E-state index in [0.717, 1.165) is 44.2 Å². The van der Waals surface area contributed by atoms with Crippen molar-refractivity contribution < 1.29 is 23.0 Å². The summed E-state index contributed by atoms with van der Waals surface area (Å²) < 4.78 is 44.7. The van der Waals surface area contributed by atoms with Crippen LogP contribution in [0.4, 0.5) is 8.78 Å². The third-order valence-electron chi connectivity index (χ3n) is 5.00. The molecule has 1 fully saturated rings. The summed E-state index contributed by atoms with van der Waals surface area (Å²) in [5.41, 5.74) is 1.21. The van der Waals surface area contributed by atoms with Crippen LogP contribution in [0.2, 0.25) is 0 Å². The average molecular weight is 392 g/mol. The van der Waals surface area contributed by atoms with Crippen molar-refractivity contribution in [1.29, 1.82) is 0 Å². The number of nitrogens with zero attached hydrogens (tertiary/aromatic N) is 1. The Balaban J connectivity index is 2.15. The van der Waals surface area contributed by atoms with Gasteiger partial charge in [0.25, 0.3) is 0 Å². The van der Waals surface area contributed by atoms with Gasteiger partial charge in [-0.2, -0.15) is 0 Å². The summed E-state index contributed by atoms with van der Waals surface area (Å²) in [6, 6.07) is 6.97. The first kappa shape index (κ1) is 20.4. The number of benzene rings is 2. The van der Waals surface area contributed by atoms with Crippen LogP contribution in [0.25, 0.3) is 0 Å². The van der Waals surface area contributed by atoms with E-state index in [0.29, 0.717) is 22.8 Å². The number of methoxy groups -OCH3 is 3. The van der Waals surface area contributed by atoms with Gasteiger partial charge in [0.1, 0.15) is 11.6 Å². The molecule has 28 heavy (non-hydrogen) atoms. The normalized spacial score (nSPS) is 16.3. The molecule has 152 valence electrons. The number of halogens is 2. The lowest BCUT2D eigenvalue weighted by Gasteiger charge is -2.32. The van der Waals surface area contributed by atoms with Crippen LogP contribution < -0.4 is 19.5 Å². The second-order valence-corrected chi connectivity index (χ2v) is 6.67. The number of nitrogens with one attached hydrogen (secondary N) is 1. The van der Waals surface area contributed by atoms with Gasteiger partial charge in [-0.25, -0.2) is 8.78 Å². The van der Waals surface area contributed by atoms with Crippen molar-refractivity contribution in [3.05, 3.63) is 53.1 Å². The van der Waals surface area contributed by atoms with Crippen LogP contribution in [-0.4, -0.2) is 52.4 Å². The summed E-state index contributed by atoms with van der Waals surface area (Å²) in [6.07, 6.45) is 0.934. The monoisotopic (exact) mass is 392 g/mol. The minimum Gasteiger partial charge on any atom is -0.493 e. The van der Waals surface area contributed by atoms with E-state index >= 15 is 0 Å². The molecular formula is C21H26F2N2O3. The van der Waals surface area contributed by atoms with Crippen LogP contribution in [0.5, 0.6) is 17.2 Å². The van der Waals surface area contributed by atoms with E-state index in [2.05, 4.69) is 10.2 Å². The Labute approximate surface area is 164 Å². The van der Waals surface area contributed by atoms with Crippen molar-refractivity contribution in [2.24, 2.45) is 0 Å². The fourth-order valence-corrected chi connectivity index (χ4v) is 3.69. The second kappa shape index (κ2) is 9.21. The fraction of sp³-hybridized carbons (Fsp3) is 0.429. The Morgan fingerprint density at radius 3 is 2.25 bits per heavy atom. The SMILES string of the molecule is COc1cc(C(c2ccc(F)cc2F)N2CCCNCC2)cc(OC)c1OC. The van der Waals surface area contributed by atoms with Crippen molar-refractivity contribution in [3.8, 4) is 17.2 Å². The predicted molar refractivity (Wildman–Crippen MR) is 103 cm³/mol. The highest BCUT2D eigenvalue weighted by molar-refractivity contribution is 5.55. The molecule has 1 saturated heterocycles. The van der Waals surface area contributed by atoms with Gasteiger partial charge in [-0.3, -0.25) is 4.90 Å². The first-order valence-electron chi connectivity index (χ1n) is 9.28. The average Bonchev–Trinajstić information content (AvgIpc) is 2.98. The molecule has 3 rings (SSSR count). The van der Waals surface area contributed by atoms with Gasteiger partial charge in [0, 0.05) is 31.3 Å². The Bertz CT molecular complexity index is 783. The van der Waals surface area contributed by atoms with Crippen molar-refractivity contribution in [3.63, 3.8) is 0 Å². The molecule has 7 heteroatoms. The van der Waals surface area contributed by atoms with Crippen LogP contribution in [0, 0.1) is 11.6 Å². The Kier molecular flexibility index (Phi) is 6.70. The Morgan fingerprint density at radius 1 is 0.929 bits per heavy atom. The molecular weight excluding hydrogens is 366 g/mol. The maximum atomic E-state index is 14.8. The molecule has 1 unspecified atom stereocenters. The van der Waals surface area contributed by atoms with E-state index < -0.39 is 17.7 Å². The van der Waals surface area contributed by atoms with E-state index in [1.807, 2.05) is 12.1 Å². The predicted octanol–water partition coefficient (Wildman–Crippen LogP) is 3.38. The van der Waals surface area contributed by atoms with Crippen LogP contribution >= 0.6 is 0 Å². The summed E-state index contributed by atoms with van der Waals surface area (Å²) in [5, 5.41) is 3.36. The van der Waals surface area contributed by atoms with Gasteiger partial charge in [0.2, 0.25) is 5.75 Å². The zero-order valence-electron chi connectivity index (χ0n) is 16.4. The quantitative estimate of drug-likeness (QED) is 0.817. The molecule has 1 aliphatic heterocycles. The third-order valence-corrected chi connectivity index (χ3v) is 5.00. The van der Waals surface area contributed by atoms with Crippen molar-refractivity contribution in [1.82, 2.24) is 10.2 Å². The molecule has 0 amide bonds. The zero-order valence-corrected chi connectivity index (χ0v) is 16.4. The largest absolute Gasteiger partial charge is 0.493 e. The topological polar surface area (TPSA) is 43.0 Å². The molecule has 1 heterocycles. The van der Waals surface area contributed by atoms with Gasteiger partial charge in [-0.05, 0) is 36.7 Å². The van der Waals surface area contributed by atoms with Gasteiger partial charge in [-0.15, -0.1) is 0 Å². The van der Waals surface area contributed by atoms with Crippen molar-refractivity contribution in [2.75, 3.05) is 47.5 Å². The van der Waals surface area contributed by atoms with E-state index in [1.54, 1.807) is 14.2 Å². The first-order valence-corrected chi connectivity index (χ1v) is 9.28. The maximum Gasteiger partial charge on any atom is 0.203 e. The Morgan fingerprint density at radius 2 is 1.64 bits per heavy atom. The molecule has 1 aliphatic rings. The van der Waals surface area contributed by atoms with Crippen LogP contribution in [0.3, 0.4) is 0 Å². The minimum absolute atomic E-state index is 0.408. The highest BCUT2D eigenvalue weighted by atomic mass is 19.1. The van der Waals surface area contributed by atoms with Gasteiger partial charge in [0.05, 0.1) is 27.4 Å². The van der Waals surface area contributed by atoms with E-state index in [4.69, 9.17) is 14.2 Å². The molecule has 1 atom stereocenters. The fourth-order valence-electron chi connectivity index (χ4n) is 3.69. The third kappa shape index (κ3) is 4.20. The standard InChI is InChI=1S/C21H26F2N2O3/c1-26-18-11-14(12-19(27-2)21(18)28-3)20(25-9-4-7-24-8-10-25)16-6-5-15(22)13-17(16)23/h5-6,11-13,20,24H,4,7-10H2,1-3H3. The Hall–Kier alpha value is -2.38. The van der Waals surface area contributed by atoms with Gasteiger partial charge in [-0.1, -0.05) is 6.07 Å². The molecule has 5 nitrogen and oxygen atoms in total. The second-order valence-electron chi connectivity index (χ2n) is 6.67. The lowest BCUT2D eigenvalue weighted by Crippen LogP contribution is -2.33.